The average Bonchev–Trinajstić information content (AvgIpc) is 2.72. The Kier molecular flexibility index (Phi) is 1.99. The summed E-state index contributed by atoms with van der Waals surface area (Å²) in [5.74, 6) is 2.17. The molecule has 1 spiro atoms. The van der Waals surface area contributed by atoms with Crippen molar-refractivity contribution in [3.8, 4) is 0 Å². The normalized spacial score (nSPS) is 54.2. The van der Waals surface area contributed by atoms with Crippen LogP contribution in [0, 0.1) is 10.8 Å². The predicted molar refractivity (Wildman–Crippen MR) is 80.7 cm³/mol. The Morgan fingerprint density at radius 2 is 2.10 bits per heavy atom. The minimum absolute atomic E-state index is 0.112. The van der Waals surface area contributed by atoms with E-state index in [9.17, 15) is 0 Å². The van der Waals surface area contributed by atoms with Gasteiger partial charge in [0.25, 0.3) is 0 Å². The van der Waals surface area contributed by atoms with E-state index < -0.39 is 5.79 Å². The van der Waals surface area contributed by atoms with Crippen LogP contribution in [0.25, 0.3) is 0 Å². The van der Waals surface area contributed by atoms with Crippen molar-refractivity contribution in [1.29, 1.82) is 0 Å². The van der Waals surface area contributed by atoms with E-state index in [0.29, 0.717) is 10.8 Å². The lowest BCUT2D eigenvalue weighted by atomic mass is 9.60. The van der Waals surface area contributed by atoms with Gasteiger partial charge in [-0.2, -0.15) is 11.8 Å². The SMILES string of the molecule is CC1(C)O[C@H]2C([C@@]34CSC[C@@]3(C)C4)=C3C=CCC[C@@]32O1. The van der Waals surface area contributed by atoms with Gasteiger partial charge in [0.05, 0.1) is 0 Å². The molecular formula is C17H22O2S. The molecule has 4 atom stereocenters. The number of allylic oxidation sites excluding steroid dienone is 1. The number of hydrogen-bond acceptors (Lipinski definition) is 3. The van der Waals surface area contributed by atoms with Crippen LogP contribution in [0.4, 0.5) is 0 Å². The number of hydrogen-bond donors (Lipinski definition) is 0. The van der Waals surface area contributed by atoms with Gasteiger partial charge < -0.3 is 9.47 Å². The third-order valence-electron chi connectivity index (χ3n) is 6.24. The van der Waals surface area contributed by atoms with E-state index in [1.807, 2.05) is 0 Å². The maximum absolute atomic E-state index is 6.39. The average molecular weight is 290 g/mol. The Morgan fingerprint density at radius 1 is 1.25 bits per heavy atom. The summed E-state index contributed by atoms with van der Waals surface area (Å²) < 4.78 is 12.7. The Balaban J connectivity index is 1.65. The van der Waals surface area contributed by atoms with Crippen molar-refractivity contribution in [3.05, 3.63) is 23.3 Å². The summed E-state index contributed by atoms with van der Waals surface area (Å²) in [6.45, 7) is 6.61. The standard InChI is InChI=1S/C17H22O2S/c1-14(2)18-13-12(16-8-15(16,3)9-20-10-16)11-6-4-5-7-17(11,13)19-14/h4,6,13H,5,7-10H2,1-3H3/t13-,15+,16+,17+/m0/s1. The summed E-state index contributed by atoms with van der Waals surface area (Å²) in [5.41, 5.74) is 3.91. The van der Waals surface area contributed by atoms with Gasteiger partial charge in [0.1, 0.15) is 11.7 Å². The smallest absolute Gasteiger partial charge is 0.165 e. The molecule has 2 heterocycles. The van der Waals surface area contributed by atoms with Crippen LogP contribution in [-0.2, 0) is 9.47 Å². The Labute approximate surface area is 125 Å². The second-order valence-corrected chi connectivity index (χ2v) is 8.96. The molecule has 5 aliphatic rings. The monoisotopic (exact) mass is 290 g/mol. The molecule has 0 radical (unpaired) electrons. The summed E-state index contributed by atoms with van der Waals surface area (Å²) in [7, 11) is 0. The highest BCUT2D eigenvalue weighted by atomic mass is 32.2. The van der Waals surface area contributed by atoms with Gasteiger partial charge in [-0.15, -0.1) is 0 Å². The lowest BCUT2D eigenvalue weighted by molar-refractivity contribution is -0.153. The molecule has 1 saturated carbocycles. The first-order valence-electron chi connectivity index (χ1n) is 7.80. The van der Waals surface area contributed by atoms with Crippen LogP contribution >= 0.6 is 11.8 Å². The van der Waals surface area contributed by atoms with Gasteiger partial charge in [-0.1, -0.05) is 19.1 Å². The minimum Gasteiger partial charge on any atom is -0.339 e. The van der Waals surface area contributed by atoms with E-state index in [1.54, 1.807) is 5.57 Å². The second-order valence-electron chi connectivity index (χ2n) is 7.97. The largest absolute Gasteiger partial charge is 0.339 e. The highest BCUT2D eigenvalue weighted by molar-refractivity contribution is 7.99. The topological polar surface area (TPSA) is 18.5 Å². The van der Waals surface area contributed by atoms with E-state index in [2.05, 4.69) is 44.7 Å². The van der Waals surface area contributed by atoms with Gasteiger partial charge in [-0.25, -0.2) is 0 Å². The third-order valence-corrected chi connectivity index (χ3v) is 7.77. The number of fused-ring (bicyclic) bond motifs is 1. The lowest BCUT2D eigenvalue weighted by Crippen LogP contribution is -2.55. The van der Waals surface area contributed by atoms with Gasteiger partial charge in [0.2, 0.25) is 0 Å². The Hall–Kier alpha value is -0.250. The van der Waals surface area contributed by atoms with Crippen LogP contribution < -0.4 is 0 Å². The van der Waals surface area contributed by atoms with Gasteiger partial charge in [-0.3, -0.25) is 0 Å². The number of rotatable bonds is 1. The molecule has 2 saturated heterocycles. The Bertz CT molecular complexity index is 574. The van der Waals surface area contributed by atoms with Crippen LogP contribution in [-0.4, -0.2) is 29.0 Å². The summed E-state index contributed by atoms with van der Waals surface area (Å²) >= 11 is 2.12. The molecule has 3 heteroatoms. The zero-order valence-electron chi connectivity index (χ0n) is 12.5. The van der Waals surface area contributed by atoms with Crippen molar-refractivity contribution in [2.24, 2.45) is 10.8 Å². The van der Waals surface area contributed by atoms with Gasteiger partial charge in [-0.05, 0) is 55.4 Å². The van der Waals surface area contributed by atoms with Crippen molar-refractivity contribution in [1.82, 2.24) is 0 Å². The maximum Gasteiger partial charge on any atom is 0.165 e. The number of thioether (sulfide) groups is 1. The van der Waals surface area contributed by atoms with E-state index in [0.717, 1.165) is 12.8 Å². The lowest BCUT2D eigenvalue weighted by Gasteiger charge is -2.49. The van der Waals surface area contributed by atoms with Gasteiger partial charge in [0, 0.05) is 11.2 Å². The van der Waals surface area contributed by atoms with Crippen molar-refractivity contribution < 1.29 is 9.47 Å². The first-order valence-corrected chi connectivity index (χ1v) is 8.96. The van der Waals surface area contributed by atoms with Crippen LogP contribution in [0.1, 0.15) is 40.0 Å². The van der Waals surface area contributed by atoms with Crippen molar-refractivity contribution in [3.63, 3.8) is 0 Å². The van der Waals surface area contributed by atoms with Crippen LogP contribution in [0.5, 0.6) is 0 Å². The third kappa shape index (κ3) is 1.15. The van der Waals surface area contributed by atoms with Crippen LogP contribution in [0.2, 0.25) is 0 Å². The molecule has 0 bridgehead atoms. The summed E-state index contributed by atoms with van der Waals surface area (Å²) in [6, 6.07) is 0. The molecule has 0 aromatic rings. The fourth-order valence-corrected chi connectivity index (χ4v) is 7.10. The Morgan fingerprint density at radius 3 is 2.80 bits per heavy atom. The highest BCUT2D eigenvalue weighted by Gasteiger charge is 2.77. The first-order chi connectivity index (χ1) is 9.43. The van der Waals surface area contributed by atoms with E-state index >= 15 is 0 Å². The highest BCUT2D eigenvalue weighted by Crippen LogP contribution is 2.79. The fourth-order valence-electron chi connectivity index (χ4n) is 5.22. The minimum atomic E-state index is -0.434. The fraction of sp³-hybridized carbons (Fsp3) is 0.765. The summed E-state index contributed by atoms with van der Waals surface area (Å²) in [6.07, 6.45) is 8.46. The second kappa shape index (κ2) is 3.23. The quantitative estimate of drug-likeness (QED) is 0.734. The van der Waals surface area contributed by atoms with E-state index in [1.165, 1.54) is 23.5 Å². The molecule has 0 aromatic carbocycles. The summed E-state index contributed by atoms with van der Waals surface area (Å²) in [4.78, 5) is 0. The molecule has 3 fully saturated rings. The molecular weight excluding hydrogens is 268 g/mol. The molecule has 0 aromatic heterocycles. The molecule has 0 unspecified atom stereocenters. The number of ether oxygens (including phenoxy) is 2. The molecule has 108 valence electrons. The zero-order chi connectivity index (χ0) is 13.8. The van der Waals surface area contributed by atoms with Crippen molar-refractivity contribution in [2.75, 3.05) is 11.5 Å². The molecule has 2 nitrogen and oxygen atoms in total. The van der Waals surface area contributed by atoms with E-state index in [-0.39, 0.29) is 11.7 Å². The molecule has 2 aliphatic heterocycles. The van der Waals surface area contributed by atoms with Crippen molar-refractivity contribution in [2.45, 2.75) is 57.5 Å². The van der Waals surface area contributed by atoms with Gasteiger partial charge in [0.15, 0.2) is 5.79 Å². The molecule has 0 amide bonds. The van der Waals surface area contributed by atoms with Crippen LogP contribution in [0.3, 0.4) is 0 Å². The van der Waals surface area contributed by atoms with E-state index in [4.69, 9.17) is 9.47 Å². The van der Waals surface area contributed by atoms with Crippen molar-refractivity contribution >= 4 is 11.8 Å². The zero-order valence-corrected chi connectivity index (χ0v) is 13.3. The molecule has 0 N–H and O–H groups in total. The maximum atomic E-state index is 6.39. The van der Waals surface area contributed by atoms with Gasteiger partial charge >= 0.3 is 0 Å². The molecule has 3 aliphatic carbocycles. The first kappa shape index (κ1) is 12.3. The van der Waals surface area contributed by atoms with Crippen LogP contribution in [0.15, 0.2) is 23.3 Å². The molecule has 5 rings (SSSR count). The summed E-state index contributed by atoms with van der Waals surface area (Å²) in [5, 5.41) is 0. The molecule has 20 heavy (non-hydrogen) atoms. The predicted octanol–water partition coefficient (Wildman–Crippen LogP) is 3.68.